The van der Waals surface area contributed by atoms with Crippen molar-refractivity contribution < 1.29 is 18.7 Å². The molecule has 0 aliphatic heterocycles. The molecule has 0 saturated heterocycles. The summed E-state index contributed by atoms with van der Waals surface area (Å²) in [6.07, 6.45) is -1.82. The first-order valence-corrected chi connectivity index (χ1v) is 5.35. The summed E-state index contributed by atoms with van der Waals surface area (Å²) < 4.78 is 25.1. The summed E-state index contributed by atoms with van der Waals surface area (Å²) in [5.74, 6) is -1.58. The van der Waals surface area contributed by atoms with Crippen molar-refractivity contribution in [2.75, 3.05) is 0 Å². The maximum absolute atomic E-state index is 12.5. The van der Waals surface area contributed by atoms with Crippen LogP contribution >= 0.6 is 34.2 Å². The summed E-state index contributed by atoms with van der Waals surface area (Å²) >= 11 is 7.14. The molecule has 82 valence electrons. The van der Waals surface area contributed by atoms with Crippen LogP contribution in [0.25, 0.3) is 0 Å². The molecule has 3 nitrogen and oxygen atoms in total. The largest absolute Gasteiger partial charge is 0.478 e. The minimum atomic E-state index is -2.78. The molecule has 7 heteroatoms. The number of carboxylic acid groups (broad SMARTS) is 1. The van der Waals surface area contributed by atoms with Gasteiger partial charge in [0.1, 0.15) is 3.70 Å². The molecule has 1 aromatic heterocycles. The van der Waals surface area contributed by atoms with Gasteiger partial charge in [-0.05, 0) is 28.2 Å². The molecule has 1 rings (SSSR count). The molecule has 0 spiro atoms. The molecule has 1 heterocycles. The molecule has 0 saturated carbocycles. The third kappa shape index (κ3) is 2.54. The predicted octanol–water partition coefficient (Wildman–Crippen LogP) is 3.06. The number of carboxylic acids is 1. The van der Waals surface area contributed by atoms with Crippen LogP contribution in [0.2, 0.25) is 0 Å². The molecule has 15 heavy (non-hydrogen) atoms. The lowest BCUT2D eigenvalue weighted by atomic mass is 10.1. The lowest BCUT2D eigenvalue weighted by Gasteiger charge is -2.10. The van der Waals surface area contributed by atoms with Crippen molar-refractivity contribution >= 4 is 40.2 Å². The third-order valence-electron chi connectivity index (χ3n) is 1.76. The average Bonchev–Trinajstić information content (AvgIpc) is 2.15. The second kappa shape index (κ2) is 5.02. The second-order valence-corrected chi connectivity index (χ2v) is 3.89. The maximum atomic E-state index is 12.5. The molecule has 0 aliphatic carbocycles. The second-order valence-electron chi connectivity index (χ2n) is 2.60. The van der Waals surface area contributed by atoms with Gasteiger partial charge in [-0.3, -0.25) is 0 Å². The van der Waals surface area contributed by atoms with Crippen molar-refractivity contribution in [3.63, 3.8) is 0 Å². The summed E-state index contributed by atoms with van der Waals surface area (Å²) in [7, 11) is 0. The van der Waals surface area contributed by atoms with E-state index in [0.29, 0.717) is 0 Å². The van der Waals surface area contributed by atoms with Gasteiger partial charge in [-0.2, -0.15) is 0 Å². The van der Waals surface area contributed by atoms with Crippen LogP contribution in [0.4, 0.5) is 8.78 Å². The number of nitrogens with zero attached hydrogens (tertiary/aromatic N) is 1. The maximum Gasteiger partial charge on any atom is 0.338 e. The minimum Gasteiger partial charge on any atom is -0.478 e. The van der Waals surface area contributed by atoms with Crippen LogP contribution in [0.1, 0.15) is 27.9 Å². The van der Waals surface area contributed by atoms with Crippen LogP contribution in [-0.2, 0) is 5.88 Å². The highest BCUT2D eigenvalue weighted by molar-refractivity contribution is 14.1. The molecule has 0 atom stereocenters. The third-order valence-corrected chi connectivity index (χ3v) is 2.84. The standard InChI is InChI=1S/C8H5ClF2INO2/c9-1-3-4(6(10)11)2-13-7(12)5(3)8(14)15/h2,6H,1H2,(H,14,15). The van der Waals surface area contributed by atoms with E-state index in [-0.39, 0.29) is 20.7 Å². The van der Waals surface area contributed by atoms with Crippen molar-refractivity contribution in [1.29, 1.82) is 0 Å². The number of aromatic nitrogens is 1. The summed E-state index contributed by atoms with van der Waals surface area (Å²) in [5, 5.41) is 8.84. The Hall–Kier alpha value is -0.500. The van der Waals surface area contributed by atoms with Crippen LogP contribution in [0.15, 0.2) is 6.20 Å². The summed E-state index contributed by atoms with van der Waals surface area (Å²) in [6, 6.07) is 0. The van der Waals surface area contributed by atoms with E-state index < -0.39 is 18.0 Å². The van der Waals surface area contributed by atoms with Crippen LogP contribution in [-0.4, -0.2) is 16.1 Å². The Morgan fingerprint density at radius 3 is 2.67 bits per heavy atom. The quantitative estimate of drug-likeness (QED) is 0.519. The summed E-state index contributed by atoms with van der Waals surface area (Å²) in [6.45, 7) is 0. The van der Waals surface area contributed by atoms with E-state index in [0.717, 1.165) is 6.20 Å². The number of alkyl halides is 3. The fraction of sp³-hybridized carbons (Fsp3) is 0.250. The molecule has 0 radical (unpaired) electrons. The van der Waals surface area contributed by atoms with Gasteiger partial charge >= 0.3 is 5.97 Å². The first-order chi connectivity index (χ1) is 6.99. The van der Waals surface area contributed by atoms with Gasteiger partial charge < -0.3 is 5.11 Å². The predicted molar refractivity (Wildman–Crippen MR) is 58.4 cm³/mol. The average molecular weight is 347 g/mol. The van der Waals surface area contributed by atoms with E-state index in [9.17, 15) is 13.6 Å². The van der Waals surface area contributed by atoms with Crippen molar-refractivity contribution in [3.05, 3.63) is 26.6 Å². The van der Waals surface area contributed by atoms with Crippen LogP contribution < -0.4 is 0 Å². The van der Waals surface area contributed by atoms with Crippen molar-refractivity contribution in [2.24, 2.45) is 0 Å². The molecular weight excluding hydrogens is 342 g/mol. The molecular formula is C8H5ClF2INO2. The lowest BCUT2D eigenvalue weighted by molar-refractivity contribution is 0.0693. The van der Waals surface area contributed by atoms with Gasteiger partial charge in [-0.1, -0.05) is 0 Å². The fourth-order valence-corrected chi connectivity index (χ4v) is 2.07. The van der Waals surface area contributed by atoms with E-state index in [2.05, 4.69) is 4.98 Å². The van der Waals surface area contributed by atoms with Gasteiger partial charge in [-0.15, -0.1) is 11.6 Å². The number of halogens is 4. The number of aromatic carboxylic acids is 1. The van der Waals surface area contributed by atoms with E-state index in [1.807, 2.05) is 0 Å². The first kappa shape index (κ1) is 12.6. The highest BCUT2D eigenvalue weighted by atomic mass is 127. The van der Waals surface area contributed by atoms with E-state index in [1.165, 1.54) is 0 Å². The number of hydrogen-bond acceptors (Lipinski definition) is 2. The number of hydrogen-bond donors (Lipinski definition) is 1. The molecule has 0 aromatic carbocycles. The highest BCUT2D eigenvalue weighted by Gasteiger charge is 2.22. The van der Waals surface area contributed by atoms with E-state index >= 15 is 0 Å². The van der Waals surface area contributed by atoms with Gasteiger partial charge in [-0.25, -0.2) is 18.6 Å². The Bertz CT molecular complexity index is 400. The SMILES string of the molecule is O=C(O)c1c(I)ncc(C(F)F)c1CCl. The lowest BCUT2D eigenvalue weighted by Crippen LogP contribution is -2.09. The molecule has 0 bridgehead atoms. The van der Waals surface area contributed by atoms with Gasteiger partial charge in [0.25, 0.3) is 6.43 Å². The van der Waals surface area contributed by atoms with Crippen molar-refractivity contribution in [3.8, 4) is 0 Å². The Kier molecular flexibility index (Phi) is 4.21. The van der Waals surface area contributed by atoms with Crippen molar-refractivity contribution in [2.45, 2.75) is 12.3 Å². The van der Waals surface area contributed by atoms with Gasteiger partial charge in [0.05, 0.1) is 5.56 Å². The Morgan fingerprint density at radius 1 is 1.67 bits per heavy atom. The van der Waals surface area contributed by atoms with Crippen LogP contribution in [0.5, 0.6) is 0 Å². The zero-order valence-electron chi connectivity index (χ0n) is 7.18. The minimum absolute atomic E-state index is 0.0708. The van der Waals surface area contributed by atoms with Gasteiger partial charge in [0.15, 0.2) is 0 Å². The molecule has 0 aliphatic rings. The van der Waals surface area contributed by atoms with Crippen molar-refractivity contribution in [1.82, 2.24) is 4.98 Å². The zero-order valence-corrected chi connectivity index (χ0v) is 10.1. The summed E-state index contributed by atoms with van der Waals surface area (Å²) in [4.78, 5) is 14.4. The number of pyridine rings is 1. The van der Waals surface area contributed by atoms with Gasteiger partial charge in [0.2, 0.25) is 0 Å². The van der Waals surface area contributed by atoms with E-state index in [1.54, 1.807) is 22.6 Å². The molecule has 0 amide bonds. The number of rotatable bonds is 3. The molecule has 0 unspecified atom stereocenters. The van der Waals surface area contributed by atoms with Gasteiger partial charge in [0, 0.05) is 17.6 Å². The smallest absolute Gasteiger partial charge is 0.338 e. The van der Waals surface area contributed by atoms with Crippen LogP contribution in [0.3, 0.4) is 0 Å². The van der Waals surface area contributed by atoms with Crippen LogP contribution in [0, 0.1) is 3.70 Å². The Morgan fingerprint density at radius 2 is 2.27 bits per heavy atom. The Balaban J connectivity index is 3.47. The normalized spacial score (nSPS) is 10.7. The fourth-order valence-electron chi connectivity index (χ4n) is 1.09. The number of carbonyl (C=O) groups is 1. The monoisotopic (exact) mass is 347 g/mol. The van der Waals surface area contributed by atoms with E-state index in [4.69, 9.17) is 16.7 Å². The highest BCUT2D eigenvalue weighted by Crippen LogP contribution is 2.28. The molecule has 1 N–H and O–H groups in total. The molecule has 0 fully saturated rings. The topological polar surface area (TPSA) is 50.2 Å². The Labute approximate surface area is 103 Å². The summed E-state index contributed by atoms with van der Waals surface area (Å²) in [5.41, 5.74) is -0.746. The zero-order chi connectivity index (χ0) is 11.6. The first-order valence-electron chi connectivity index (χ1n) is 3.73. The molecule has 1 aromatic rings.